The van der Waals surface area contributed by atoms with E-state index < -0.39 is 5.60 Å². The average molecular weight is 512 g/mol. The average Bonchev–Trinajstić information content (AvgIpc) is 3.41. The van der Waals surface area contributed by atoms with E-state index >= 15 is 0 Å². The zero-order valence-electron chi connectivity index (χ0n) is 17.3. The maximum Gasteiger partial charge on any atom is 0.191 e. The number of nitrogens with zero attached hydrogens (tertiary/aromatic N) is 2. The molecule has 2 unspecified atom stereocenters. The zero-order chi connectivity index (χ0) is 19.8. The second-order valence-corrected chi connectivity index (χ2v) is 7.50. The Morgan fingerprint density at radius 2 is 1.90 bits per heavy atom. The van der Waals surface area contributed by atoms with E-state index in [-0.39, 0.29) is 30.5 Å². The molecule has 0 aliphatic carbocycles. The van der Waals surface area contributed by atoms with E-state index in [1.54, 1.807) is 25.3 Å². The van der Waals surface area contributed by atoms with Crippen LogP contribution in [0.5, 0.6) is 0 Å². The number of hydrogen-bond donors (Lipinski definition) is 3. The van der Waals surface area contributed by atoms with Crippen LogP contribution in [0, 0.1) is 0 Å². The van der Waals surface area contributed by atoms with Crippen LogP contribution < -0.4 is 10.6 Å². The van der Waals surface area contributed by atoms with Gasteiger partial charge in [0, 0.05) is 13.1 Å². The summed E-state index contributed by atoms with van der Waals surface area (Å²) in [4.78, 5) is 7.13. The van der Waals surface area contributed by atoms with Gasteiger partial charge in [-0.3, -0.25) is 4.90 Å². The summed E-state index contributed by atoms with van der Waals surface area (Å²) in [6.07, 6.45) is 4.07. The van der Waals surface area contributed by atoms with Crippen LogP contribution in [0.3, 0.4) is 0 Å². The first-order valence-electron chi connectivity index (χ1n) is 10.2. The van der Waals surface area contributed by atoms with E-state index in [0.29, 0.717) is 17.8 Å². The van der Waals surface area contributed by atoms with Crippen molar-refractivity contribution in [1.29, 1.82) is 0 Å². The molecule has 29 heavy (non-hydrogen) atoms. The molecule has 0 amide bonds. The van der Waals surface area contributed by atoms with Gasteiger partial charge < -0.3 is 20.2 Å². The van der Waals surface area contributed by atoms with E-state index in [1.807, 2.05) is 6.92 Å². The maximum absolute atomic E-state index is 10.7. The third-order valence-electron chi connectivity index (χ3n) is 5.17. The second kappa shape index (κ2) is 11.6. The Morgan fingerprint density at radius 3 is 2.52 bits per heavy atom. The number of guanidine groups is 1. The number of furan rings is 1. The highest BCUT2D eigenvalue weighted by Crippen LogP contribution is 2.24. The molecule has 3 rings (SSSR count). The first-order valence-corrected chi connectivity index (χ1v) is 10.2. The summed E-state index contributed by atoms with van der Waals surface area (Å²) in [5.74, 6) is 1.22. The van der Waals surface area contributed by atoms with Crippen LogP contribution in [0.2, 0.25) is 0 Å². The van der Waals surface area contributed by atoms with Crippen LogP contribution in [0.4, 0.5) is 0 Å². The number of benzene rings is 1. The van der Waals surface area contributed by atoms with Crippen LogP contribution in [-0.4, -0.2) is 48.7 Å². The van der Waals surface area contributed by atoms with Crippen LogP contribution in [0.15, 0.2) is 58.1 Å². The predicted octanol–water partition coefficient (Wildman–Crippen LogP) is 3.50. The molecular formula is C22H33IN4O2. The Morgan fingerprint density at radius 1 is 1.17 bits per heavy atom. The molecule has 2 heterocycles. The molecule has 2 atom stereocenters. The molecule has 0 saturated carbocycles. The summed E-state index contributed by atoms with van der Waals surface area (Å²) in [6, 6.07) is 14.5. The minimum absolute atomic E-state index is 0. The molecule has 0 radical (unpaired) electrons. The molecule has 0 spiro atoms. The Labute approximate surface area is 190 Å². The van der Waals surface area contributed by atoms with Gasteiger partial charge in [0.15, 0.2) is 5.96 Å². The largest absolute Gasteiger partial charge is 0.466 e. The van der Waals surface area contributed by atoms with E-state index in [1.165, 1.54) is 18.4 Å². The fourth-order valence-corrected chi connectivity index (χ4v) is 3.62. The van der Waals surface area contributed by atoms with Crippen molar-refractivity contribution in [2.24, 2.45) is 4.99 Å². The second-order valence-electron chi connectivity index (χ2n) is 7.50. The fourth-order valence-electron chi connectivity index (χ4n) is 3.62. The smallest absolute Gasteiger partial charge is 0.191 e. The monoisotopic (exact) mass is 512 g/mol. The molecule has 7 heteroatoms. The van der Waals surface area contributed by atoms with Crippen molar-refractivity contribution >= 4 is 29.9 Å². The maximum atomic E-state index is 10.7. The highest BCUT2D eigenvalue weighted by molar-refractivity contribution is 14.0. The molecule has 1 aliphatic heterocycles. The lowest BCUT2D eigenvalue weighted by Crippen LogP contribution is -2.43. The molecule has 1 aromatic carbocycles. The van der Waals surface area contributed by atoms with Crippen molar-refractivity contribution < 1.29 is 9.52 Å². The van der Waals surface area contributed by atoms with Gasteiger partial charge in [-0.25, -0.2) is 4.99 Å². The zero-order valence-corrected chi connectivity index (χ0v) is 19.6. The molecular weight excluding hydrogens is 479 g/mol. The molecule has 1 saturated heterocycles. The molecule has 2 aromatic rings. The number of aliphatic imine (C=N–C) groups is 1. The van der Waals surface area contributed by atoms with E-state index in [0.717, 1.165) is 26.2 Å². The van der Waals surface area contributed by atoms with Crippen LogP contribution >= 0.6 is 24.0 Å². The van der Waals surface area contributed by atoms with Crippen molar-refractivity contribution in [3.05, 3.63) is 60.1 Å². The minimum Gasteiger partial charge on any atom is -0.466 e. The van der Waals surface area contributed by atoms with Gasteiger partial charge in [-0.15, -0.1) is 24.0 Å². The molecule has 1 aromatic heterocycles. The van der Waals surface area contributed by atoms with Gasteiger partial charge in [-0.05, 0) is 57.5 Å². The predicted molar refractivity (Wildman–Crippen MR) is 128 cm³/mol. The fraction of sp³-hybridized carbons (Fsp3) is 0.500. The van der Waals surface area contributed by atoms with Gasteiger partial charge in [0.05, 0.1) is 18.8 Å². The first kappa shape index (κ1) is 23.7. The Hall–Kier alpha value is -1.58. The molecule has 0 bridgehead atoms. The molecule has 160 valence electrons. The van der Waals surface area contributed by atoms with Crippen molar-refractivity contribution in [3.63, 3.8) is 0 Å². The highest BCUT2D eigenvalue weighted by Gasteiger charge is 2.27. The minimum atomic E-state index is -1.14. The molecule has 3 N–H and O–H groups in total. The summed E-state index contributed by atoms with van der Waals surface area (Å²) >= 11 is 0. The number of halogens is 1. The SMILES string of the molecule is CCNC(=NCC(C)(O)c1ccco1)NCC(c1ccccc1)N1CCCC1.I. The van der Waals surface area contributed by atoms with Crippen LogP contribution in [-0.2, 0) is 5.60 Å². The molecule has 6 nitrogen and oxygen atoms in total. The third-order valence-corrected chi connectivity index (χ3v) is 5.17. The third kappa shape index (κ3) is 6.72. The van der Waals surface area contributed by atoms with E-state index in [4.69, 9.17) is 4.42 Å². The molecule has 1 aliphatic rings. The van der Waals surface area contributed by atoms with Gasteiger partial charge in [-0.2, -0.15) is 0 Å². The van der Waals surface area contributed by atoms with Crippen molar-refractivity contribution in [2.45, 2.75) is 38.3 Å². The summed E-state index contributed by atoms with van der Waals surface area (Å²) in [6.45, 7) is 7.75. The van der Waals surface area contributed by atoms with E-state index in [9.17, 15) is 5.11 Å². The highest BCUT2D eigenvalue weighted by atomic mass is 127. The molecule has 1 fully saturated rings. The van der Waals surface area contributed by atoms with Gasteiger partial charge in [0.2, 0.25) is 0 Å². The summed E-state index contributed by atoms with van der Waals surface area (Å²) in [5.41, 5.74) is 0.176. The number of nitrogens with one attached hydrogen (secondary N) is 2. The van der Waals surface area contributed by atoms with Crippen molar-refractivity contribution in [2.75, 3.05) is 32.7 Å². The number of likely N-dealkylation sites (tertiary alicyclic amines) is 1. The standard InChI is InChI=1S/C22H32N4O2.HI/c1-3-23-21(25-17-22(2,27)20-12-9-15-28-20)24-16-19(26-13-7-8-14-26)18-10-5-4-6-11-18;/h4-6,9-12,15,19,27H,3,7-8,13-14,16-17H2,1-2H3,(H2,23,24,25);1H. The lowest BCUT2D eigenvalue weighted by atomic mass is 10.0. The Balaban J connectivity index is 0.00000300. The Kier molecular flexibility index (Phi) is 9.45. The van der Waals surface area contributed by atoms with Gasteiger partial charge in [0.1, 0.15) is 11.4 Å². The van der Waals surface area contributed by atoms with Gasteiger partial charge >= 0.3 is 0 Å². The summed E-state index contributed by atoms with van der Waals surface area (Å²) < 4.78 is 5.35. The normalized spacial score (nSPS) is 18.0. The first-order chi connectivity index (χ1) is 13.6. The topological polar surface area (TPSA) is 73.0 Å². The van der Waals surface area contributed by atoms with E-state index in [2.05, 4.69) is 50.9 Å². The van der Waals surface area contributed by atoms with Crippen LogP contribution in [0.1, 0.15) is 44.1 Å². The number of rotatable bonds is 8. The van der Waals surface area contributed by atoms with Crippen molar-refractivity contribution in [3.8, 4) is 0 Å². The lowest BCUT2D eigenvalue weighted by molar-refractivity contribution is 0.0437. The number of hydrogen-bond acceptors (Lipinski definition) is 4. The Bertz CT molecular complexity index is 729. The van der Waals surface area contributed by atoms with Gasteiger partial charge in [0.25, 0.3) is 0 Å². The van der Waals surface area contributed by atoms with Crippen LogP contribution in [0.25, 0.3) is 0 Å². The van der Waals surface area contributed by atoms with Gasteiger partial charge in [-0.1, -0.05) is 30.3 Å². The summed E-state index contributed by atoms with van der Waals surface area (Å²) in [7, 11) is 0. The summed E-state index contributed by atoms with van der Waals surface area (Å²) in [5, 5.41) is 17.4. The van der Waals surface area contributed by atoms with Crippen molar-refractivity contribution in [1.82, 2.24) is 15.5 Å². The number of aliphatic hydroxyl groups is 1. The quantitative estimate of drug-likeness (QED) is 0.287. The lowest BCUT2D eigenvalue weighted by Gasteiger charge is -2.29.